The molecule has 18 heavy (non-hydrogen) atoms. The van der Waals surface area contributed by atoms with Gasteiger partial charge in [-0.15, -0.1) is 0 Å². The average Bonchev–Trinajstić information content (AvgIpc) is 2.39. The van der Waals surface area contributed by atoms with E-state index in [-0.39, 0.29) is 12.0 Å². The van der Waals surface area contributed by atoms with Crippen molar-refractivity contribution < 1.29 is 9.53 Å². The Balaban J connectivity index is 2.20. The van der Waals surface area contributed by atoms with E-state index in [0.29, 0.717) is 6.61 Å². The fraction of sp³-hybridized carbons (Fsp3) is 0.615. The Bertz CT molecular complexity index is 422. The third-order valence-corrected chi connectivity index (χ3v) is 3.12. The van der Waals surface area contributed by atoms with Crippen LogP contribution in [0.2, 0.25) is 0 Å². The highest BCUT2D eigenvalue weighted by Crippen LogP contribution is 2.23. The second-order valence-electron chi connectivity index (χ2n) is 4.42. The first kappa shape index (κ1) is 12.8. The highest BCUT2D eigenvalue weighted by atomic mass is 16.5. The number of carbonyl (C=O) groups is 1. The van der Waals surface area contributed by atoms with Crippen molar-refractivity contribution in [2.75, 3.05) is 18.1 Å². The number of aromatic nitrogens is 2. The molecule has 1 aliphatic rings. The van der Waals surface area contributed by atoms with E-state index >= 15 is 0 Å². The van der Waals surface area contributed by atoms with E-state index in [1.54, 1.807) is 6.20 Å². The molecular formula is C13H19N3O2. The van der Waals surface area contributed by atoms with Gasteiger partial charge in [-0.3, -0.25) is 0 Å². The lowest BCUT2D eigenvalue weighted by atomic mass is 10.0. The maximum Gasteiger partial charge on any atom is 0.328 e. The molecule has 0 spiro atoms. The molecule has 1 unspecified atom stereocenters. The molecule has 5 heteroatoms. The van der Waals surface area contributed by atoms with E-state index in [0.717, 1.165) is 37.4 Å². The van der Waals surface area contributed by atoms with Gasteiger partial charge in [-0.05, 0) is 39.2 Å². The molecule has 2 rings (SSSR count). The lowest BCUT2D eigenvalue weighted by molar-refractivity contribution is -0.145. The Labute approximate surface area is 107 Å². The second-order valence-corrected chi connectivity index (χ2v) is 4.42. The summed E-state index contributed by atoms with van der Waals surface area (Å²) in [6.45, 7) is 4.96. The molecule has 1 fully saturated rings. The fourth-order valence-corrected chi connectivity index (χ4v) is 2.29. The molecule has 0 saturated carbocycles. The lowest BCUT2D eigenvalue weighted by Gasteiger charge is -2.34. The van der Waals surface area contributed by atoms with Crippen LogP contribution in [0.4, 0.5) is 5.82 Å². The minimum absolute atomic E-state index is 0.145. The van der Waals surface area contributed by atoms with Crippen LogP contribution in [-0.4, -0.2) is 35.1 Å². The van der Waals surface area contributed by atoms with Gasteiger partial charge in [-0.25, -0.2) is 14.8 Å². The summed E-state index contributed by atoms with van der Waals surface area (Å²) >= 11 is 0. The standard InChI is InChI=1S/C13H19N3O2/c1-3-18-13(17)11-6-4-5-9-16(11)12-7-8-14-10(2)15-12/h7-8,11H,3-6,9H2,1-2H3. The Morgan fingerprint density at radius 2 is 2.39 bits per heavy atom. The molecule has 5 nitrogen and oxygen atoms in total. The number of hydrogen-bond donors (Lipinski definition) is 0. The number of anilines is 1. The highest BCUT2D eigenvalue weighted by molar-refractivity contribution is 5.79. The van der Waals surface area contributed by atoms with Crippen LogP contribution < -0.4 is 4.90 Å². The van der Waals surface area contributed by atoms with Gasteiger partial charge in [0.25, 0.3) is 0 Å². The number of piperidine rings is 1. The zero-order chi connectivity index (χ0) is 13.0. The maximum absolute atomic E-state index is 12.0. The number of ether oxygens (including phenoxy) is 1. The predicted molar refractivity (Wildman–Crippen MR) is 68.4 cm³/mol. The van der Waals surface area contributed by atoms with Gasteiger partial charge in [0.2, 0.25) is 0 Å². The minimum atomic E-state index is -0.201. The molecule has 0 radical (unpaired) electrons. The van der Waals surface area contributed by atoms with Crippen molar-refractivity contribution in [3.8, 4) is 0 Å². The summed E-state index contributed by atoms with van der Waals surface area (Å²) in [6.07, 6.45) is 4.71. The molecule has 1 aromatic rings. The molecule has 0 N–H and O–H groups in total. The van der Waals surface area contributed by atoms with E-state index in [2.05, 4.69) is 9.97 Å². The molecule has 0 aliphatic carbocycles. The summed E-state index contributed by atoms with van der Waals surface area (Å²) < 4.78 is 5.14. The Morgan fingerprint density at radius 1 is 1.56 bits per heavy atom. The van der Waals surface area contributed by atoms with Crippen LogP contribution in [0.1, 0.15) is 32.0 Å². The molecule has 2 heterocycles. The van der Waals surface area contributed by atoms with Gasteiger partial charge in [-0.1, -0.05) is 0 Å². The van der Waals surface area contributed by atoms with Gasteiger partial charge < -0.3 is 9.64 Å². The number of rotatable bonds is 3. The highest BCUT2D eigenvalue weighted by Gasteiger charge is 2.30. The van der Waals surface area contributed by atoms with Crippen molar-refractivity contribution in [3.63, 3.8) is 0 Å². The van der Waals surface area contributed by atoms with Gasteiger partial charge >= 0.3 is 5.97 Å². The van der Waals surface area contributed by atoms with Crippen LogP contribution in [0.15, 0.2) is 12.3 Å². The Morgan fingerprint density at radius 3 is 3.11 bits per heavy atom. The van der Waals surface area contributed by atoms with Gasteiger partial charge in [0, 0.05) is 12.7 Å². The summed E-state index contributed by atoms with van der Waals surface area (Å²) in [5.41, 5.74) is 0. The summed E-state index contributed by atoms with van der Waals surface area (Å²) in [5, 5.41) is 0. The van der Waals surface area contributed by atoms with Gasteiger partial charge in [0.1, 0.15) is 17.7 Å². The zero-order valence-electron chi connectivity index (χ0n) is 10.9. The molecule has 98 valence electrons. The van der Waals surface area contributed by atoms with E-state index in [1.165, 1.54) is 0 Å². The smallest absolute Gasteiger partial charge is 0.328 e. The van der Waals surface area contributed by atoms with Crippen molar-refractivity contribution >= 4 is 11.8 Å². The SMILES string of the molecule is CCOC(=O)C1CCCCN1c1ccnc(C)n1. The minimum Gasteiger partial charge on any atom is -0.464 e. The molecule has 1 aromatic heterocycles. The molecule has 0 amide bonds. The van der Waals surface area contributed by atoms with Gasteiger partial charge in [0.05, 0.1) is 6.61 Å². The van der Waals surface area contributed by atoms with E-state index in [1.807, 2.05) is 24.8 Å². The first-order valence-corrected chi connectivity index (χ1v) is 6.45. The quantitative estimate of drug-likeness (QED) is 0.763. The van der Waals surface area contributed by atoms with E-state index in [9.17, 15) is 4.79 Å². The fourth-order valence-electron chi connectivity index (χ4n) is 2.29. The van der Waals surface area contributed by atoms with Crippen LogP contribution in [-0.2, 0) is 9.53 Å². The molecule has 0 aromatic carbocycles. The second kappa shape index (κ2) is 5.80. The summed E-state index contributed by atoms with van der Waals surface area (Å²) in [4.78, 5) is 22.5. The summed E-state index contributed by atoms with van der Waals surface area (Å²) in [6, 6.07) is 1.65. The van der Waals surface area contributed by atoms with Crippen LogP contribution in [0, 0.1) is 6.92 Å². The molecule has 1 aliphatic heterocycles. The topological polar surface area (TPSA) is 55.3 Å². The lowest BCUT2D eigenvalue weighted by Crippen LogP contribution is -2.46. The predicted octanol–water partition coefficient (Wildman–Crippen LogP) is 1.71. The number of esters is 1. The third kappa shape index (κ3) is 2.78. The molecule has 1 saturated heterocycles. The Kier molecular flexibility index (Phi) is 4.12. The normalized spacial score (nSPS) is 19.7. The third-order valence-electron chi connectivity index (χ3n) is 3.12. The zero-order valence-corrected chi connectivity index (χ0v) is 10.9. The number of carbonyl (C=O) groups excluding carboxylic acids is 1. The van der Waals surface area contributed by atoms with E-state index < -0.39 is 0 Å². The van der Waals surface area contributed by atoms with Crippen LogP contribution in [0.3, 0.4) is 0 Å². The summed E-state index contributed by atoms with van der Waals surface area (Å²) in [5.74, 6) is 1.40. The van der Waals surface area contributed by atoms with Crippen molar-refractivity contribution in [2.45, 2.75) is 39.2 Å². The largest absolute Gasteiger partial charge is 0.464 e. The number of aryl methyl sites for hydroxylation is 1. The van der Waals surface area contributed by atoms with Crippen LogP contribution >= 0.6 is 0 Å². The van der Waals surface area contributed by atoms with Crippen molar-refractivity contribution in [3.05, 3.63) is 18.1 Å². The molecule has 1 atom stereocenters. The van der Waals surface area contributed by atoms with Crippen molar-refractivity contribution in [1.82, 2.24) is 9.97 Å². The van der Waals surface area contributed by atoms with Crippen molar-refractivity contribution in [1.29, 1.82) is 0 Å². The van der Waals surface area contributed by atoms with Crippen LogP contribution in [0.25, 0.3) is 0 Å². The molecular weight excluding hydrogens is 230 g/mol. The van der Waals surface area contributed by atoms with Crippen molar-refractivity contribution in [2.24, 2.45) is 0 Å². The number of nitrogens with zero attached hydrogens (tertiary/aromatic N) is 3. The monoisotopic (exact) mass is 249 g/mol. The van der Waals surface area contributed by atoms with Gasteiger partial charge in [-0.2, -0.15) is 0 Å². The Hall–Kier alpha value is -1.65. The first-order chi connectivity index (χ1) is 8.72. The van der Waals surface area contributed by atoms with Gasteiger partial charge in [0.15, 0.2) is 0 Å². The molecule has 0 bridgehead atoms. The summed E-state index contributed by atoms with van der Waals surface area (Å²) in [7, 11) is 0. The first-order valence-electron chi connectivity index (χ1n) is 6.45. The maximum atomic E-state index is 12.0. The van der Waals surface area contributed by atoms with Crippen LogP contribution in [0.5, 0.6) is 0 Å². The van der Waals surface area contributed by atoms with E-state index in [4.69, 9.17) is 4.74 Å². The number of hydrogen-bond acceptors (Lipinski definition) is 5. The average molecular weight is 249 g/mol.